The Morgan fingerprint density at radius 3 is 2.95 bits per heavy atom. The van der Waals surface area contributed by atoms with Gasteiger partial charge < -0.3 is 14.7 Å². The van der Waals surface area contributed by atoms with E-state index in [9.17, 15) is 9.59 Å². The van der Waals surface area contributed by atoms with E-state index < -0.39 is 11.9 Å². The van der Waals surface area contributed by atoms with Crippen LogP contribution in [0.25, 0.3) is 0 Å². The fraction of sp³-hybridized carbons (Fsp3) is 0.529. The average molecular weight is 303 g/mol. The van der Waals surface area contributed by atoms with E-state index in [1.165, 1.54) is 11.1 Å². The van der Waals surface area contributed by atoms with Gasteiger partial charge in [0.2, 0.25) is 0 Å². The highest BCUT2D eigenvalue weighted by Gasteiger charge is 2.42. The lowest BCUT2D eigenvalue weighted by Crippen LogP contribution is -2.52. The number of carboxylic acid groups (broad SMARTS) is 1. The van der Waals surface area contributed by atoms with Crippen molar-refractivity contribution >= 4 is 11.8 Å². The van der Waals surface area contributed by atoms with E-state index >= 15 is 0 Å². The minimum absolute atomic E-state index is 0.00726. The number of ketones is 1. The highest BCUT2D eigenvalue weighted by atomic mass is 16.5. The summed E-state index contributed by atoms with van der Waals surface area (Å²) in [5.41, 5.74) is 2.61. The summed E-state index contributed by atoms with van der Waals surface area (Å²) in [5, 5.41) is 9.16. The maximum absolute atomic E-state index is 11.7. The highest BCUT2D eigenvalue weighted by Crippen LogP contribution is 2.43. The molecule has 1 N–H and O–H groups in total. The van der Waals surface area contributed by atoms with Gasteiger partial charge in [0.05, 0.1) is 7.11 Å². The maximum atomic E-state index is 11.7. The predicted molar refractivity (Wildman–Crippen MR) is 81.2 cm³/mol. The average Bonchev–Trinajstić information content (AvgIpc) is 2.48. The van der Waals surface area contributed by atoms with Crippen molar-refractivity contribution in [3.63, 3.8) is 0 Å². The Morgan fingerprint density at radius 1 is 1.50 bits per heavy atom. The molecule has 1 fully saturated rings. The number of piperidine rings is 1. The molecule has 0 aromatic heterocycles. The summed E-state index contributed by atoms with van der Waals surface area (Å²) < 4.78 is 5.29. The number of fused-ring (bicyclic) bond motifs is 1. The number of ether oxygens (including phenoxy) is 1. The number of likely N-dealkylation sites (tertiary alicyclic amines) is 1. The molecule has 0 saturated carbocycles. The standard InChI is InChI=1S/C17H21NO4/c1-17(8-11-3-4-12(22-2)7-14(11)17)10-18-6-5-15(19)13(9-18)16(20)21/h3-4,7,13H,5-6,8-10H2,1-2H3,(H,20,21). The second kappa shape index (κ2) is 5.39. The van der Waals surface area contributed by atoms with Crippen LogP contribution in [0.5, 0.6) is 5.75 Å². The van der Waals surface area contributed by atoms with Gasteiger partial charge in [0.15, 0.2) is 0 Å². The second-order valence-corrected chi connectivity index (χ2v) is 6.60. The lowest BCUT2D eigenvalue weighted by atomic mass is 9.64. The molecule has 1 aliphatic heterocycles. The zero-order valence-corrected chi connectivity index (χ0v) is 13.0. The van der Waals surface area contributed by atoms with Crippen molar-refractivity contribution in [2.75, 3.05) is 26.7 Å². The number of aliphatic carboxylic acids is 1. The van der Waals surface area contributed by atoms with Gasteiger partial charge in [-0.25, -0.2) is 0 Å². The normalized spacial score (nSPS) is 27.9. The quantitative estimate of drug-likeness (QED) is 0.854. The Labute approximate surface area is 129 Å². The van der Waals surface area contributed by atoms with E-state index in [-0.39, 0.29) is 11.2 Å². The Morgan fingerprint density at radius 2 is 2.27 bits per heavy atom. The number of carboxylic acids is 1. The van der Waals surface area contributed by atoms with Crippen LogP contribution < -0.4 is 4.74 Å². The van der Waals surface area contributed by atoms with E-state index in [0.717, 1.165) is 18.7 Å². The first-order valence-corrected chi connectivity index (χ1v) is 7.58. The summed E-state index contributed by atoms with van der Waals surface area (Å²) in [6, 6.07) is 6.14. The first kappa shape index (κ1) is 15.0. The highest BCUT2D eigenvalue weighted by molar-refractivity contribution is 5.99. The number of rotatable bonds is 4. The molecule has 0 radical (unpaired) electrons. The maximum Gasteiger partial charge on any atom is 0.315 e. The fourth-order valence-corrected chi connectivity index (χ4v) is 3.70. The summed E-state index contributed by atoms with van der Waals surface area (Å²) >= 11 is 0. The molecule has 1 heterocycles. The molecule has 2 aliphatic rings. The summed E-state index contributed by atoms with van der Waals surface area (Å²) in [6.45, 7) is 3.95. The van der Waals surface area contributed by atoms with Gasteiger partial charge >= 0.3 is 5.97 Å². The van der Waals surface area contributed by atoms with Crippen LogP contribution in [0.4, 0.5) is 0 Å². The lowest BCUT2D eigenvalue weighted by Gasteiger charge is -2.45. The SMILES string of the molecule is COc1ccc2c(c1)C(C)(CN1CCC(=O)C(C(=O)O)C1)C2. The molecular weight excluding hydrogens is 282 g/mol. The van der Waals surface area contributed by atoms with Crippen molar-refractivity contribution in [3.05, 3.63) is 29.3 Å². The van der Waals surface area contributed by atoms with Crippen molar-refractivity contribution in [1.82, 2.24) is 4.90 Å². The Bertz CT molecular complexity index is 627. The van der Waals surface area contributed by atoms with E-state index in [4.69, 9.17) is 9.84 Å². The zero-order valence-electron chi connectivity index (χ0n) is 13.0. The third-order valence-corrected chi connectivity index (χ3v) is 4.92. The second-order valence-electron chi connectivity index (χ2n) is 6.60. The number of benzene rings is 1. The largest absolute Gasteiger partial charge is 0.497 e. The summed E-state index contributed by atoms with van der Waals surface area (Å²) in [5.74, 6) is -1.18. The Balaban J connectivity index is 1.73. The Hall–Kier alpha value is -1.88. The van der Waals surface area contributed by atoms with Crippen molar-refractivity contribution in [2.24, 2.45) is 5.92 Å². The molecule has 0 amide bonds. The van der Waals surface area contributed by atoms with Crippen LogP contribution >= 0.6 is 0 Å². The lowest BCUT2D eigenvalue weighted by molar-refractivity contribution is -0.149. The smallest absolute Gasteiger partial charge is 0.315 e. The van der Waals surface area contributed by atoms with Gasteiger partial charge in [0.1, 0.15) is 17.5 Å². The van der Waals surface area contributed by atoms with Crippen molar-refractivity contribution in [2.45, 2.75) is 25.2 Å². The fourth-order valence-electron chi connectivity index (χ4n) is 3.70. The molecule has 1 saturated heterocycles. The zero-order chi connectivity index (χ0) is 15.9. The van der Waals surface area contributed by atoms with Crippen molar-refractivity contribution in [1.29, 1.82) is 0 Å². The van der Waals surface area contributed by atoms with Crippen LogP contribution in [-0.4, -0.2) is 48.5 Å². The number of Topliss-reactive ketones (excluding diaryl/α,β-unsaturated/α-hetero) is 1. The number of carbonyl (C=O) groups excluding carboxylic acids is 1. The van der Waals surface area contributed by atoms with Crippen LogP contribution in [0, 0.1) is 5.92 Å². The topological polar surface area (TPSA) is 66.8 Å². The number of methoxy groups -OCH3 is 1. The predicted octanol–water partition coefficient (Wildman–Crippen LogP) is 1.48. The van der Waals surface area contributed by atoms with Crippen molar-refractivity contribution < 1.29 is 19.4 Å². The van der Waals surface area contributed by atoms with Crippen LogP contribution in [0.1, 0.15) is 24.5 Å². The number of carbonyl (C=O) groups is 2. The van der Waals surface area contributed by atoms with Gasteiger partial charge in [0.25, 0.3) is 0 Å². The number of nitrogens with zero attached hydrogens (tertiary/aromatic N) is 1. The van der Waals surface area contributed by atoms with Gasteiger partial charge in [-0.15, -0.1) is 0 Å². The molecule has 5 heteroatoms. The molecule has 118 valence electrons. The molecule has 2 atom stereocenters. The monoisotopic (exact) mass is 303 g/mol. The van der Waals surface area contributed by atoms with Crippen LogP contribution in [0.15, 0.2) is 18.2 Å². The summed E-state index contributed by atoms with van der Waals surface area (Å²) in [7, 11) is 1.66. The molecule has 5 nitrogen and oxygen atoms in total. The molecule has 1 aromatic carbocycles. The van der Waals surface area contributed by atoms with Crippen LogP contribution in [0.3, 0.4) is 0 Å². The molecule has 1 aliphatic carbocycles. The van der Waals surface area contributed by atoms with Gasteiger partial charge in [-0.2, -0.15) is 0 Å². The van der Waals surface area contributed by atoms with E-state index in [2.05, 4.69) is 24.0 Å². The minimum atomic E-state index is -1.00. The molecule has 3 rings (SSSR count). The third-order valence-electron chi connectivity index (χ3n) is 4.92. The van der Waals surface area contributed by atoms with Crippen LogP contribution in [0.2, 0.25) is 0 Å². The first-order chi connectivity index (χ1) is 10.4. The Kier molecular flexibility index (Phi) is 3.68. The molecule has 0 spiro atoms. The van der Waals surface area contributed by atoms with E-state index in [1.807, 2.05) is 6.07 Å². The van der Waals surface area contributed by atoms with Crippen molar-refractivity contribution in [3.8, 4) is 5.75 Å². The van der Waals surface area contributed by atoms with Gasteiger partial charge in [-0.1, -0.05) is 13.0 Å². The number of hydrogen-bond acceptors (Lipinski definition) is 4. The van der Waals surface area contributed by atoms with Gasteiger partial charge in [-0.05, 0) is 29.7 Å². The first-order valence-electron chi connectivity index (χ1n) is 7.58. The van der Waals surface area contributed by atoms with Gasteiger partial charge in [0, 0.05) is 31.5 Å². The molecule has 0 bridgehead atoms. The summed E-state index contributed by atoms with van der Waals surface area (Å²) in [6.07, 6.45) is 1.31. The minimum Gasteiger partial charge on any atom is -0.497 e. The summed E-state index contributed by atoms with van der Waals surface area (Å²) in [4.78, 5) is 25.0. The van der Waals surface area contributed by atoms with E-state index in [0.29, 0.717) is 19.5 Å². The molecule has 1 aromatic rings. The molecule has 22 heavy (non-hydrogen) atoms. The van der Waals surface area contributed by atoms with Gasteiger partial charge in [-0.3, -0.25) is 9.59 Å². The molecule has 2 unspecified atom stereocenters. The third kappa shape index (κ3) is 2.50. The number of hydrogen-bond donors (Lipinski definition) is 1. The van der Waals surface area contributed by atoms with E-state index in [1.54, 1.807) is 7.11 Å². The molecular formula is C17H21NO4. The van der Waals surface area contributed by atoms with Crippen LogP contribution in [-0.2, 0) is 21.4 Å².